The molecule has 1 aliphatic heterocycles. The van der Waals surface area contributed by atoms with Crippen molar-refractivity contribution < 1.29 is 14.6 Å². The average Bonchev–Trinajstić information content (AvgIpc) is 3.18. The van der Waals surface area contributed by atoms with Gasteiger partial charge in [0.2, 0.25) is 0 Å². The molecule has 0 radical (unpaired) electrons. The Morgan fingerprint density at radius 2 is 2.23 bits per heavy atom. The lowest BCUT2D eigenvalue weighted by Gasteiger charge is -2.44. The molecular formula is C18H20N5O3-. The third-order valence-corrected chi connectivity index (χ3v) is 4.82. The number of aromatic nitrogens is 3. The Morgan fingerprint density at radius 3 is 2.77 bits per heavy atom. The van der Waals surface area contributed by atoms with Gasteiger partial charge in [-0.1, -0.05) is 13.0 Å². The Morgan fingerprint density at radius 1 is 1.46 bits per heavy atom. The van der Waals surface area contributed by atoms with Gasteiger partial charge in [0.25, 0.3) is 0 Å². The maximum Gasteiger partial charge on any atom is 0.139 e. The summed E-state index contributed by atoms with van der Waals surface area (Å²) in [5, 5.41) is 21.3. The van der Waals surface area contributed by atoms with Crippen molar-refractivity contribution in [1.82, 2.24) is 19.4 Å². The molecule has 26 heavy (non-hydrogen) atoms. The van der Waals surface area contributed by atoms with Crippen LogP contribution < -0.4 is 5.11 Å². The summed E-state index contributed by atoms with van der Waals surface area (Å²) in [6.45, 7) is 3.87. The van der Waals surface area contributed by atoms with E-state index in [9.17, 15) is 15.2 Å². The van der Waals surface area contributed by atoms with E-state index in [1.807, 2.05) is 11.0 Å². The van der Waals surface area contributed by atoms with E-state index in [4.69, 9.17) is 4.74 Å². The number of nitriles is 1. The fourth-order valence-corrected chi connectivity index (χ4v) is 3.50. The largest absolute Gasteiger partial charge is 0.550 e. The Kier molecular flexibility index (Phi) is 5.30. The molecule has 2 unspecified atom stereocenters. The molecule has 0 N–H and O–H groups in total. The molecule has 0 bridgehead atoms. The predicted molar refractivity (Wildman–Crippen MR) is 89.8 cm³/mol. The second-order valence-corrected chi connectivity index (χ2v) is 6.33. The number of hydrogen-bond donors (Lipinski definition) is 0. The molecule has 2 atom stereocenters. The number of carbonyl (C=O) groups is 1. The molecule has 3 heterocycles. The summed E-state index contributed by atoms with van der Waals surface area (Å²) < 4.78 is 7.16. The fourth-order valence-electron chi connectivity index (χ4n) is 3.50. The quantitative estimate of drug-likeness (QED) is 0.724. The van der Waals surface area contributed by atoms with Gasteiger partial charge in [-0.2, -0.15) is 5.26 Å². The van der Waals surface area contributed by atoms with Gasteiger partial charge in [0, 0.05) is 43.2 Å². The van der Waals surface area contributed by atoms with Gasteiger partial charge in [0.05, 0.1) is 19.3 Å². The van der Waals surface area contributed by atoms with Crippen LogP contribution in [0.2, 0.25) is 0 Å². The molecule has 0 spiro atoms. The highest BCUT2D eigenvalue weighted by molar-refractivity contribution is 5.65. The molecule has 0 amide bonds. The summed E-state index contributed by atoms with van der Waals surface area (Å²) in [7, 11) is 0. The summed E-state index contributed by atoms with van der Waals surface area (Å²) in [6, 6.07) is 6.01. The second kappa shape index (κ2) is 7.64. The van der Waals surface area contributed by atoms with Crippen LogP contribution in [0.1, 0.15) is 18.9 Å². The number of nitrogens with zero attached hydrogens (tertiary/aromatic N) is 5. The van der Waals surface area contributed by atoms with E-state index in [0.29, 0.717) is 37.7 Å². The van der Waals surface area contributed by atoms with Crippen molar-refractivity contribution >= 4 is 5.97 Å². The van der Waals surface area contributed by atoms with Crippen LogP contribution in [0.5, 0.6) is 0 Å². The van der Waals surface area contributed by atoms with Gasteiger partial charge >= 0.3 is 0 Å². The normalized spacial score (nSPS) is 18.6. The average molecular weight is 354 g/mol. The molecule has 0 aliphatic carbocycles. The van der Waals surface area contributed by atoms with Gasteiger partial charge < -0.3 is 14.6 Å². The molecule has 8 nitrogen and oxygen atoms in total. The number of imidazole rings is 1. The first-order valence-electron chi connectivity index (χ1n) is 8.46. The van der Waals surface area contributed by atoms with Crippen molar-refractivity contribution in [2.75, 3.05) is 26.3 Å². The van der Waals surface area contributed by atoms with Crippen molar-refractivity contribution in [2.45, 2.75) is 18.9 Å². The minimum absolute atomic E-state index is 0.214. The van der Waals surface area contributed by atoms with Crippen LogP contribution in [0.4, 0.5) is 0 Å². The van der Waals surface area contributed by atoms with E-state index < -0.39 is 17.4 Å². The number of pyridine rings is 1. The summed E-state index contributed by atoms with van der Waals surface area (Å²) >= 11 is 0. The number of carboxylic acids is 1. The molecule has 0 aromatic carbocycles. The predicted octanol–water partition coefficient (Wildman–Crippen LogP) is 0.0945. The third-order valence-electron chi connectivity index (χ3n) is 4.82. The zero-order valence-corrected chi connectivity index (χ0v) is 14.5. The highest BCUT2D eigenvalue weighted by atomic mass is 16.5. The molecule has 0 saturated carbocycles. The van der Waals surface area contributed by atoms with E-state index in [1.165, 1.54) is 0 Å². The molecule has 8 heteroatoms. The lowest BCUT2D eigenvalue weighted by Crippen LogP contribution is -2.55. The molecule has 2 aromatic heterocycles. The first-order valence-corrected chi connectivity index (χ1v) is 8.46. The van der Waals surface area contributed by atoms with Gasteiger partial charge in [-0.3, -0.25) is 9.47 Å². The zero-order chi connectivity index (χ0) is 18.6. The number of carboxylic acid groups (broad SMARTS) is 1. The summed E-state index contributed by atoms with van der Waals surface area (Å²) in [6.07, 6.45) is 6.50. The van der Waals surface area contributed by atoms with Crippen LogP contribution in [0.15, 0.2) is 37.1 Å². The maximum atomic E-state index is 11.2. The number of ether oxygens (including phenoxy) is 1. The number of hydrogen-bond acceptors (Lipinski definition) is 7. The maximum absolute atomic E-state index is 11.2. The van der Waals surface area contributed by atoms with Crippen LogP contribution in [-0.4, -0.2) is 51.7 Å². The molecular weight excluding hydrogens is 334 g/mol. The molecule has 1 saturated heterocycles. The summed E-state index contributed by atoms with van der Waals surface area (Å²) in [5.41, 5.74) is -0.441. The Bertz CT molecular complexity index is 778. The smallest absolute Gasteiger partial charge is 0.139 e. The van der Waals surface area contributed by atoms with Crippen LogP contribution in [0.3, 0.4) is 0 Å². The van der Waals surface area contributed by atoms with Crippen LogP contribution in [0.25, 0.3) is 5.82 Å². The topological polar surface area (TPSA) is 107 Å². The fraction of sp³-hybridized carbons (Fsp3) is 0.444. The van der Waals surface area contributed by atoms with Gasteiger partial charge in [-0.05, 0) is 18.4 Å². The SMILES string of the molecule is CC(CC(=O)[O-])C(C#N)(c1ccc(-n2ccnc2)nc1)N1CCOCC1. The minimum Gasteiger partial charge on any atom is -0.550 e. The van der Waals surface area contributed by atoms with Crippen molar-refractivity contribution in [3.63, 3.8) is 0 Å². The number of aliphatic carboxylic acids is 1. The summed E-state index contributed by atoms with van der Waals surface area (Å²) in [5.74, 6) is -0.975. The lowest BCUT2D eigenvalue weighted by molar-refractivity contribution is -0.307. The van der Waals surface area contributed by atoms with Gasteiger partial charge in [-0.25, -0.2) is 9.97 Å². The van der Waals surface area contributed by atoms with Crippen LogP contribution >= 0.6 is 0 Å². The van der Waals surface area contributed by atoms with Gasteiger partial charge in [0.15, 0.2) is 0 Å². The standard InChI is InChI=1S/C18H21N5O3/c1-14(10-17(24)25)18(12-19,23-6-8-26-9-7-23)15-2-3-16(21-11-15)22-5-4-20-13-22/h2-5,11,13-14H,6-10H2,1H3,(H,24,25)/p-1. The highest BCUT2D eigenvalue weighted by Gasteiger charge is 2.44. The molecule has 1 aliphatic rings. The van der Waals surface area contributed by atoms with Crippen LogP contribution in [0, 0.1) is 17.2 Å². The van der Waals surface area contributed by atoms with Gasteiger partial charge in [0.1, 0.15) is 17.7 Å². The van der Waals surface area contributed by atoms with E-state index in [-0.39, 0.29) is 6.42 Å². The molecule has 136 valence electrons. The molecule has 1 fully saturated rings. The second-order valence-electron chi connectivity index (χ2n) is 6.33. The Labute approximate surface area is 151 Å². The number of carbonyl (C=O) groups excluding carboxylic acids is 1. The monoisotopic (exact) mass is 354 g/mol. The lowest BCUT2D eigenvalue weighted by atomic mass is 9.77. The van der Waals surface area contributed by atoms with Crippen molar-refractivity contribution in [1.29, 1.82) is 5.26 Å². The minimum atomic E-state index is -1.17. The zero-order valence-electron chi connectivity index (χ0n) is 14.5. The van der Waals surface area contributed by atoms with E-state index in [0.717, 1.165) is 0 Å². The van der Waals surface area contributed by atoms with Crippen LogP contribution in [-0.2, 0) is 15.1 Å². The first-order chi connectivity index (χ1) is 12.6. The molecule has 3 rings (SSSR count). The highest BCUT2D eigenvalue weighted by Crippen LogP contribution is 2.38. The number of morpholine rings is 1. The number of rotatable bonds is 6. The van der Waals surface area contributed by atoms with Crippen molar-refractivity contribution in [3.8, 4) is 11.9 Å². The van der Waals surface area contributed by atoms with Gasteiger partial charge in [-0.15, -0.1) is 0 Å². The first kappa shape index (κ1) is 18.0. The Hall–Kier alpha value is -2.76. The molecule has 2 aromatic rings. The van der Waals surface area contributed by atoms with Crippen molar-refractivity contribution in [3.05, 3.63) is 42.6 Å². The third kappa shape index (κ3) is 3.31. The van der Waals surface area contributed by atoms with E-state index in [1.54, 1.807) is 42.5 Å². The van der Waals surface area contributed by atoms with E-state index >= 15 is 0 Å². The summed E-state index contributed by atoms with van der Waals surface area (Å²) in [4.78, 5) is 21.6. The van der Waals surface area contributed by atoms with E-state index in [2.05, 4.69) is 16.0 Å². The Balaban J connectivity index is 2.01. The van der Waals surface area contributed by atoms with Crippen molar-refractivity contribution in [2.24, 2.45) is 5.92 Å².